The lowest BCUT2D eigenvalue weighted by molar-refractivity contribution is 0.206. The van der Waals surface area contributed by atoms with Crippen molar-refractivity contribution in [2.24, 2.45) is 0 Å². The Kier molecular flexibility index (Phi) is 4.39. The summed E-state index contributed by atoms with van der Waals surface area (Å²) >= 11 is 6.06. The summed E-state index contributed by atoms with van der Waals surface area (Å²) in [5, 5.41) is 8.21. The number of nitrogens with zero attached hydrogens (tertiary/aromatic N) is 3. The molecule has 0 bridgehead atoms. The van der Waals surface area contributed by atoms with Gasteiger partial charge in [0.1, 0.15) is 0 Å². The van der Waals surface area contributed by atoms with Crippen molar-refractivity contribution < 1.29 is 4.79 Å². The van der Waals surface area contributed by atoms with Gasteiger partial charge >= 0.3 is 6.03 Å². The van der Waals surface area contributed by atoms with Crippen LogP contribution >= 0.6 is 11.6 Å². The Balaban J connectivity index is 1.53. The van der Waals surface area contributed by atoms with E-state index < -0.39 is 0 Å². The standard InChI is InChI=1S/C20H19ClN4O/c1-14-8-11-25(23-14)19-5-3-2-4-18(19)22-20(26)24-10-9-15-12-17(21)7-6-16(15)13-24/h2-8,11-12H,9-10,13H2,1H3,(H,22,26). The zero-order chi connectivity index (χ0) is 18.1. The van der Waals surface area contributed by atoms with E-state index in [2.05, 4.69) is 10.4 Å². The van der Waals surface area contributed by atoms with Crippen LogP contribution in [-0.4, -0.2) is 27.3 Å². The molecule has 0 unspecified atom stereocenters. The van der Waals surface area contributed by atoms with Gasteiger partial charge in [-0.1, -0.05) is 29.8 Å². The van der Waals surface area contributed by atoms with E-state index in [1.807, 2.05) is 66.6 Å². The SMILES string of the molecule is Cc1ccn(-c2ccccc2NC(=O)N2CCc3cc(Cl)ccc3C2)n1. The van der Waals surface area contributed by atoms with Crippen LogP contribution < -0.4 is 5.32 Å². The Morgan fingerprint density at radius 2 is 2.00 bits per heavy atom. The minimum absolute atomic E-state index is 0.109. The van der Waals surface area contributed by atoms with Crippen molar-refractivity contribution >= 4 is 23.3 Å². The fraction of sp³-hybridized carbons (Fsp3) is 0.200. The molecule has 1 aliphatic heterocycles. The number of hydrogen-bond acceptors (Lipinski definition) is 2. The lowest BCUT2D eigenvalue weighted by Gasteiger charge is -2.29. The maximum absolute atomic E-state index is 12.8. The van der Waals surface area contributed by atoms with Crippen molar-refractivity contribution in [3.8, 4) is 5.69 Å². The molecule has 4 rings (SSSR count). The van der Waals surface area contributed by atoms with Gasteiger partial charge in [-0.05, 0) is 54.8 Å². The summed E-state index contributed by atoms with van der Waals surface area (Å²) in [6.07, 6.45) is 2.70. The summed E-state index contributed by atoms with van der Waals surface area (Å²) in [4.78, 5) is 14.6. The maximum atomic E-state index is 12.8. The molecule has 1 aliphatic rings. The molecule has 3 aromatic rings. The van der Waals surface area contributed by atoms with Gasteiger partial charge in [-0.3, -0.25) is 0 Å². The zero-order valence-corrected chi connectivity index (χ0v) is 15.2. The number of para-hydroxylation sites is 2. The second kappa shape index (κ2) is 6.84. The van der Waals surface area contributed by atoms with Crippen LogP contribution in [0, 0.1) is 6.92 Å². The Hall–Kier alpha value is -2.79. The third kappa shape index (κ3) is 3.30. The molecule has 0 saturated heterocycles. The monoisotopic (exact) mass is 366 g/mol. The normalized spacial score (nSPS) is 13.4. The highest BCUT2D eigenvalue weighted by Crippen LogP contribution is 2.24. The summed E-state index contributed by atoms with van der Waals surface area (Å²) < 4.78 is 1.78. The third-order valence-electron chi connectivity index (χ3n) is 4.58. The summed E-state index contributed by atoms with van der Waals surface area (Å²) in [6, 6.07) is 15.4. The first kappa shape index (κ1) is 16.7. The van der Waals surface area contributed by atoms with Crippen molar-refractivity contribution in [2.45, 2.75) is 19.9 Å². The van der Waals surface area contributed by atoms with Gasteiger partial charge in [0, 0.05) is 24.3 Å². The summed E-state index contributed by atoms with van der Waals surface area (Å²) in [6.45, 7) is 3.19. The molecule has 0 radical (unpaired) electrons. The number of urea groups is 1. The highest BCUT2D eigenvalue weighted by Gasteiger charge is 2.21. The molecule has 6 heteroatoms. The van der Waals surface area contributed by atoms with Gasteiger partial charge in [0.15, 0.2) is 0 Å². The van der Waals surface area contributed by atoms with E-state index in [4.69, 9.17) is 11.6 Å². The third-order valence-corrected chi connectivity index (χ3v) is 4.82. The number of anilines is 1. The molecule has 26 heavy (non-hydrogen) atoms. The average molecular weight is 367 g/mol. The molecular weight excluding hydrogens is 348 g/mol. The average Bonchev–Trinajstić information content (AvgIpc) is 3.08. The number of carbonyl (C=O) groups excluding carboxylic acids is 1. The predicted octanol–water partition coefficient (Wildman–Crippen LogP) is 4.42. The summed E-state index contributed by atoms with van der Waals surface area (Å²) in [5.74, 6) is 0. The van der Waals surface area contributed by atoms with Crippen LogP contribution in [0.4, 0.5) is 10.5 Å². The lowest BCUT2D eigenvalue weighted by Crippen LogP contribution is -2.39. The topological polar surface area (TPSA) is 50.2 Å². The van der Waals surface area contributed by atoms with Gasteiger partial charge in [0.2, 0.25) is 0 Å². The number of aryl methyl sites for hydroxylation is 1. The van der Waals surface area contributed by atoms with E-state index >= 15 is 0 Å². The molecule has 1 N–H and O–H groups in total. The fourth-order valence-corrected chi connectivity index (χ4v) is 3.41. The number of aromatic nitrogens is 2. The summed E-state index contributed by atoms with van der Waals surface area (Å²) in [5.41, 5.74) is 4.87. The molecule has 1 aromatic heterocycles. The molecule has 2 amide bonds. The van der Waals surface area contributed by atoms with Crippen LogP contribution in [0.2, 0.25) is 5.02 Å². The Morgan fingerprint density at radius 1 is 1.15 bits per heavy atom. The van der Waals surface area contributed by atoms with Crippen molar-refractivity contribution in [3.63, 3.8) is 0 Å². The molecular formula is C20H19ClN4O. The van der Waals surface area contributed by atoms with Gasteiger partial charge in [0.05, 0.1) is 17.1 Å². The Labute approximate surface area is 157 Å². The first-order valence-electron chi connectivity index (χ1n) is 8.55. The molecule has 0 aliphatic carbocycles. The predicted molar refractivity (Wildman–Crippen MR) is 103 cm³/mol. The Bertz CT molecular complexity index is 966. The van der Waals surface area contributed by atoms with Gasteiger partial charge in [-0.2, -0.15) is 5.10 Å². The smallest absolute Gasteiger partial charge is 0.320 e. The van der Waals surface area contributed by atoms with Crippen molar-refractivity contribution in [1.29, 1.82) is 0 Å². The van der Waals surface area contributed by atoms with E-state index in [1.54, 1.807) is 4.68 Å². The fourth-order valence-electron chi connectivity index (χ4n) is 3.22. The quantitative estimate of drug-likeness (QED) is 0.729. The molecule has 132 valence electrons. The largest absolute Gasteiger partial charge is 0.322 e. The number of rotatable bonds is 2. The van der Waals surface area contributed by atoms with Crippen molar-refractivity contribution in [3.05, 3.63) is 76.6 Å². The van der Waals surface area contributed by atoms with Crippen LogP contribution in [-0.2, 0) is 13.0 Å². The number of benzene rings is 2. The van der Waals surface area contributed by atoms with Crippen LogP contribution in [0.1, 0.15) is 16.8 Å². The first-order chi connectivity index (χ1) is 12.6. The molecule has 2 aromatic carbocycles. The zero-order valence-electron chi connectivity index (χ0n) is 14.4. The van der Waals surface area contributed by atoms with Crippen LogP contribution in [0.5, 0.6) is 0 Å². The van der Waals surface area contributed by atoms with Gasteiger partial charge in [-0.25, -0.2) is 9.48 Å². The van der Waals surface area contributed by atoms with Crippen molar-refractivity contribution in [2.75, 3.05) is 11.9 Å². The van der Waals surface area contributed by atoms with Gasteiger partial charge < -0.3 is 10.2 Å². The molecule has 5 nitrogen and oxygen atoms in total. The summed E-state index contributed by atoms with van der Waals surface area (Å²) in [7, 11) is 0. The molecule has 2 heterocycles. The van der Waals surface area contributed by atoms with Crippen molar-refractivity contribution in [1.82, 2.24) is 14.7 Å². The van der Waals surface area contributed by atoms with Crippen LogP contribution in [0.25, 0.3) is 5.69 Å². The van der Waals surface area contributed by atoms with E-state index in [1.165, 1.54) is 5.56 Å². The molecule has 0 spiro atoms. The first-order valence-corrected chi connectivity index (χ1v) is 8.93. The van der Waals surface area contributed by atoms with E-state index in [9.17, 15) is 4.79 Å². The van der Waals surface area contributed by atoms with Gasteiger partial charge in [0.25, 0.3) is 0 Å². The van der Waals surface area contributed by atoms with E-state index in [0.29, 0.717) is 13.1 Å². The minimum Gasteiger partial charge on any atom is -0.320 e. The highest BCUT2D eigenvalue weighted by molar-refractivity contribution is 6.30. The number of carbonyl (C=O) groups is 1. The van der Waals surface area contributed by atoms with E-state index in [-0.39, 0.29) is 6.03 Å². The number of nitrogens with one attached hydrogen (secondary N) is 1. The highest BCUT2D eigenvalue weighted by atomic mass is 35.5. The second-order valence-electron chi connectivity index (χ2n) is 6.43. The Morgan fingerprint density at radius 3 is 2.81 bits per heavy atom. The van der Waals surface area contributed by atoms with Crippen LogP contribution in [0.15, 0.2) is 54.7 Å². The minimum atomic E-state index is -0.109. The lowest BCUT2D eigenvalue weighted by atomic mass is 10.0. The van der Waals surface area contributed by atoms with Crippen LogP contribution in [0.3, 0.4) is 0 Å². The van der Waals surface area contributed by atoms with E-state index in [0.717, 1.165) is 34.1 Å². The second-order valence-corrected chi connectivity index (χ2v) is 6.87. The van der Waals surface area contributed by atoms with Gasteiger partial charge in [-0.15, -0.1) is 0 Å². The number of amides is 2. The molecule has 0 fully saturated rings. The number of hydrogen-bond donors (Lipinski definition) is 1. The number of fused-ring (bicyclic) bond motifs is 1. The maximum Gasteiger partial charge on any atom is 0.322 e. The molecule has 0 atom stereocenters. The number of halogens is 1. The molecule has 0 saturated carbocycles.